The predicted molar refractivity (Wildman–Crippen MR) is 65.5 cm³/mol. The largest absolute Gasteiger partial charge is 0.363 e. The maximum absolute atomic E-state index is 5.36. The SMILES string of the molecule is CCCCNC(=S)N1CCCC(C)C1. The van der Waals surface area contributed by atoms with Gasteiger partial charge < -0.3 is 10.2 Å². The lowest BCUT2D eigenvalue weighted by Crippen LogP contribution is -2.45. The fourth-order valence-corrected chi connectivity index (χ4v) is 2.13. The third kappa shape index (κ3) is 3.82. The van der Waals surface area contributed by atoms with Crippen molar-refractivity contribution in [1.82, 2.24) is 10.2 Å². The number of unbranched alkanes of at least 4 members (excludes halogenated alkanes) is 1. The lowest BCUT2D eigenvalue weighted by molar-refractivity contribution is 0.270. The molecule has 1 fully saturated rings. The molecule has 0 aliphatic carbocycles. The number of thiocarbonyl (C=S) groups is 1. The molecule has 1 rings (SSSR count). The van der Waals surface area contributed by atoms with Gasteiger partial charge in [0.05, 0.1) is 0 Å². The van der Waals surface area contributed by atoms with Crippen LogP contribution < -0.4 is 5.32 Å². The van der Waals surface area contributed by atoms with Crippen molar-refractivity contribution in [3.63, 3.8) is 0 Å². The van der Waals surface area contributed by atoms with Crippen LogP contribution in [0.25, 0.3) is 0 Å². The zero-order valence-electron chi connectivity index (χ0n) is 9.38. The summed E-state index contributed by atoms with van der Waals surface area (Å²) in [5, 5.41) is 4.29. The van der Waals surface area contributed by atoms with Crippen LogP contribution in [0.3, 0.4) is 0 Å². The van der Waals surface area contributed by atoms with Gasteiger partial charge in [-0.1, -0.05) is 20.3 Å². The number of hydrogen-bond donors (Lipinski definition) is 1. The van der Waals surface area contributed by atoms with Crippen LogP contribution in [0.5, 0.6) is 0 Å². The number of hydrogen-bond acceptors (Lipinski definition) is 1. The standard InChI is InChI=1S/C11H22N2S/c1-3-4-7-12-11(14)13-8-5-6-10(2)9-13/h10H,3-9H2,1-2H3,(H,12,14). The Balaban J connectivity index is 2.22. The Morgan fingerprint density at radius 1 is 1.57 bits per heavy atom. The smallest absolute Gasteiger partial charge is 0.168 e. The third-order valence-electron chi connectivity index (χ3n) is 2.75. The van der Waals surface area contributed by atoms with Crippen LogP contribution in [0.4, 0.5) is 0 Å². The summed E-state index contributed by atoms with van der Waals surface area (Å²) < 4.78 is 0. The fraction of sp³-hybridized carbons (Fsp3) is 0.909. The summed E-state index contributed by atoms with van der Waals surface area (Å²) >= 11 is 5.36. The van der Waals surface area contributed by atoms with Crippen molar-refractivity contribution in [2.24, 2.45) is 5.92 Å². The van der Waals surface area contributed by atoms with E-state index >= 15 is 0 Å². The second kappa shape index (κ2) is 6.23. The van der Waals surface area contributed by atoms with E-state index < -0.39 is 0 Å². The van der Waals surface area contributed by atoms with Gasteiger partial charge in [0.1, 0.15) is 0 Å². The van der Waals surface area contributed by atoms with E-state index in [2.05, 4.69) is 24.1 Å². The van der Waals surface area contributed by atoms with Gasteiger partial charge in [-0.15, -0.1) is 0 Å². The predicted octanol–water partition coefficient (Wildman–Crippen LogP) is 2.39. The Bertz CT molecular complexity index is 182. The fourth-order valence-electron chi connectivity index (χ4n) is 1.86. The van der Waals surface area contributed by atoms with Crippen molar-refractivity contribution in [2.45, 2.75) is 39.5 Å². The minimum atomic E-state index is 0.801. The summed E-state index contributed by atoms with van der Waals surface area (Å²) in [6.07, 6.45) is 5.08. The lowest BCUT2D eigenvalue weighted by atomic mass is 10.0. The van der Waals surface area contributed by atoms with E-state index in [1.54, 1.807) is 0 Å². The summed E-state index contributed by atoms with van der Waals surface area (Å²) in [5.41, 5.74) is 0. The first-order valence-corrected chi connectivity index (χ1v) is 6.17. The Hall–Kier alpha value is -0.310. The van der Waals surface area contributed by atoms with Crippen LogP contribution in [0.2, 0.25) is 0 Å². The second-order valence-corrected chi connectivity index (χ2v) is 4.67. The molecule has 3 heteroatoms. The molecule has 0 aromatic carbocycles. The summed E-state index contributed by atoms with van der Waals surface area (Å²) in [6.45, 7) is 7.81. The molecule has 0 aromatic heterocycles. The number of nitrogens with zero attached hydrogens (tertiary/aromatic N) is 1. The van der Waals surface area contributed by atoms with Crippen LogP contribution in [0, 0.1) is 5.92 Å². The molecule has 0 saturated carbocycles. The van der Waals surface area contributed by atoms with Crippen LogP contribution in [0.15, 0.2) is 0 Å². The Kier molecular flexibility index (Phi) is 5.23. The maximum Gasteiger partial charge on any atom is 0.168 e. The quantitative estimate of drug-likeness (QED) is 0.574. The molecule has 14 heavy (non-hydrogen) atoms. The average molecular weight is 214 g/mol. The first kappa shape index (κ1) is 11.8. The number of likely N-dealkylation sites (tertiary alicyclic amines) is 1. The molecule has 1 atom stereocenters. The van der Waals surface area contributed by atoms with E-state index in [0.717, 1.165) is 30.7 Å². The van der Waals surface area contributed by atoms with Crippen LogP contribution in [0.1, 0.15) is 39.5 Å². The van der Waals surface area contributed by atoms with Crippen LogP contribution >= 0.6 is 12.2 Å². The molecule has 0 aromatic rings. The monoisotopic (exact) mass is 214 g/mol. The molecule has 0 spiro atoms. The Morgan fingerprint density at radius 3 is 3.00 bits per heavy atom. The number of piperidine rings is 1. The zero-order chi connectivity index (χ0) is 10.4. The van der Waals surface area contributed by atoms with E-state index in [-0.39, 0.29) is 0 Å². The summed E-state index contributed by atoms with van der Waals surface area (Å²) in [5.74, 6) is 0.801. The van der Waals surface area contributed by atoms with Gasteiger partial charge in [-0.3, -0.25) is 0 Å². The van der Waals surface area contributed by atoms with E-state index in [1.807, 2.05) is 0 Å². The van der Waals surface area contributed by atoms with Gasteiger partial charge in [0.25, 0.3) is 0 Å². The molecule has 1 heterocycles. The maximum atomic E-state index is 5.36. The van der Waals surface area contributed by atoms with Gasteiger partial charge >= 0.3 is 0 Å². The summed E-state index contributed by atoms with van der Waals surface area (Å²) in [4.78, 5) is 2.32. The molecule has 0 bridgehead atoms. The number of rotatable bonds is 3. The molecule has 1 aliphatic heterocycles. The normalized spacial score (nSPS) is 22.1. The Morgan fingerprint density at radius 2 is 2.36 bits per heavy atom. The molecule has 1 N–H and O–H groups in total. The van der Waals surface area contributed by atoms with Crippen molar-refractivity contribution in [3.05, 3.63) is 0 Å². The lowest BCUT2D eigenvalue weighted by Gasteiger charge is -2.33. The van der Waals surface area contributed by atoms with Crippen molar-refractivity contribution in [3.8, 4) is 0 Å². The summed E-state index contributed by atoms with van der Waals surface area (Å²) in [6, 6.07) is 0. The molecule has 1 unspecified atom stereocenters. The van der Waals surface area contributed by atoms with Crippen molar-refractivity contribution in [2.75, 3.05) is 19.6 Å². The van der Waals surface area contributed by atoms with E-state index in [9.17, 15) is 0 Å². The van der Waals surface area contributed by atoms with Gasteiger partial charge in [-0.05, 0) is 37.4 Å². The van der Waals surface area contributed by atoms with Gasteiger partial charge in [-0.2, -0.15) is 0 Å². The minimum absolute atomic E-state index is 0.801. The first-order chi connectivity index (χ1) is 6.74. The third-order valence-corrected chi connectivity index (χ3v) is 3.15. The van der Waals surface area contributed by atoms with Gasteiger partial charge in [-0.25, -0.2) is 0 Å². The molecule has 1 saturated heterocycles. The van der Waals surface area contributed by atoms with Crippen LogP contribution in [-0.4, -0.2) is 29.6 Å². The van der Waals surface area contributed by atoms with Gasteiger partial charge in [0.15, 0.2) is 5.11 Å². The topological polar surface area (TPSA) is 15.3 Å². The van der Waals surface area contributed by atoms with E-state index in [4.69, 9.17) is 12.2 Å². The summed E-state index contributed by atoms with van der Waals surface area (Å²) in [7, 11) is 0. The molecule has 1 aliphatic rings. The van der Waals surface area contributed by atoms with E-state index in [0.29, 0.717) is 0 Å². The molecular formula is C11H22N2S. The van der Waals surface area contributed by atoms with Crippen LogP contribution in [-0.2, 0) is 0 Å². The minimum Gasteiger partial charge on any atom is -0.363 e. The highest BCUT2D eigenvalue weighted by atomic mass is 32.1. The van der Waals surface area contributed by atoms with Gasteiger partial charge in [0, 0.05) is 19.6 Å². The van der Waals surface area contributed by atoms with Crippen molar-refractivity contribution < 1.29 is 0 Å². The molecule has 82 valence electrons. The highest BCUT2D eigenvalue weighted by Crippen LogP contribution is 2.15. The molecule has 2 nitrogen and oxygen atoms in total. The Labute approximate surface area is 93.1 Å². The van der Waals surface area contributed by atoms with E-state index in [1.165, 1.54) is 25.7 Å². The van der Waals surface area contributed by atoms with Gasteiger partial charge in [0.2, 0.25) is 0 Å². The number of nitrogens with one attached hydrogen (secondary N) is 1. The molecule has 0 amide bonds. The first-order valence-electron chi connectivity index (χ1n) is 5.76. The van der Waals surface area contributed by atoms with Crippen molar-refractivity contribution >= 4 is 17.3 Å². The highest BCUT2D eigenvalue weighted by Gasteiger charge is 2.17. The van der Waals surface area contributed by atoms with Crippen molar-refractivity contribution in [1.29, 1.82) is 0 Å². The second-order valence-electron chi connectivity index (χ2n) is 4.28. The highest BCUT2D eigenvalue weighted by molar-refractivity contribution is 7.80. The molecular weight excluding hydrogens is 192 g/mol. The molecule has 0 radical (unpaired) electrons. The zero-order valence-corrected chi connectivity index (χ0v) is 10.2. The average Bonchev–Trinajstić information content (AvgIpc) is 2.18.